The molecule has 0 aromatic carbocycles. The highest BCUT2D eigenvalue weighted by atomic mass is 28.4. The average Bonchev–Trinajstić information content (AvgIpc) is 2.74. The lowest BCUT2D eigenvalue weighted by atomic mass is 9.91. The number of nitrogens with zero attached hydrogens (tertiary/aromatic N) is 1. The summed E-state index contributed by atoms with van der Waals surface area (Å²) in [7, 11) is -1.62. The van der Waals surface area contributed by atoms with Gasteiger partial charge in [-0.05, 0) is 67.9 Å². The van der Waals surface area contributed by atoms with E-state index >= 15 is 0 Å². The lowest BCUT2D eigenvalue weighted by Gasteiger charge is -2.42. The van der Waals surface area contributed by atoms with E-state index in [1.807, 2.05) is 18.2 Å². The van der Waals surface area contributed by atoms with Crippen LogP contribution in [0.25, 0.3) is 5.57 Å². The first-order valence-electron chi connectivity index (χ1n) is 10.9. The molecule has 1 N–H and O–H groups in total. The van der Waals surface area contributed by atoms with Crippen LogP contribution < -0.4 is 0 Å². The van der Waals surface area contributed by atoms with Crippen LogP contribution in [0.15, 0.2) is 24.3 Å². The molecule has 0 atom stereocenters. The largest absolute Gasteiger partial charge is 0.411 e. The molecule has 0 saturated heterocycles. The van der Waals surface area contributed by atoms with Crippen LogP contribution in [0.4, 0.5) is 0 Å². The van der Waals surface area contributed by atoms with Gasteiger partial charge in [0.05, 0.1) is 23.6 Å². The predicted molar refractivity (Wildman–Crippen MR) is 119 cm³/mol. The molecule has 154 valence electrons. The van der Waals surface area contributed by atoms with Crippen LogP contribution >= 0.6 is 0 Å². The van der Waals surface area contributed by atoms with E-state index < -0.39 is 8.32 Å². The Morgan fingerprint density at radius 1 is 1.07 bits per heavy atom. The molecule has 0 amide bonds. The molecule has 1 aromatic rings. The van der Waals surface area contributed by atoms with Gasteiger partial charge in [0.15, 0.2) is 8.32 Å². The van der Waals surface area contributed by atoms with Crippen molar-refractivity contribution in [2.75, 3.05) is 0 Å². The number of aliphatic hydroxyl groups excluding tert-OH is 1. The second-order valence-corrected chi connectivity index (χ2v) is 12.2. The minimum atomic E-state index is -1.62. The SMILES string of the molecule is CC/C(=C\CCC(CC)(CC)O[Si](CC)(CC)CC)c1cccc(CO)n1. The van der Waals surface area contributed by atoms with Crippen LogP contribution in [0.3, 0.4) is 0 Å². The summed E-state index contributed by atoms with van der Waals surface area (Å²) in [5.41, 5.74) is 2.99. The second kappa shape index (κ2) is 11.8. The van der Waals surface area contributed by atoms with E-state index in [0.29, 0.717) is 0 Å². The molecule has 0 aliphatic heterocycles. The lowest BCUT2D eigenvalue weighted by Crippen LogP contribution is -2.46. The minimum absolute atomic E-state index is 0.00395. The second-order valence-electron chi connectivity index (χ2n) is 7.53. The van der Waals surface area contributed by atoms with Gasteiger partial charge in [-0.15, -0.1) is 0 Å². The summed E-state index contributed by atoms with van der Waals surface area (Å²) in [5.74, 6) is 0. The van der Waals surface area contributed by atoms with E-state index in [9.17, 15) is 5.11 Å². The van der Waals surface area contributed by atoms with Crippen molar-refractivity contribution in [1.29, 1.82) is 0 Å². The van der Waals surface area contributed by atoms with Gasteiger partial charge in [0.25, 0.3) is 0 Å². The summed E-state index contributed by atoms with van der Waals surface area (Å²) in [6.45, 7) is 13.6. The van der Waals surface area contributed by atoms with Crippen LogP contribution in [0.5, 0.6) is 0 Å². The predicted octanol–water partition coefficient (Wildman–Crippen LogP) is 6.73. The van der Waals surface area contributed by atoms with Gasteiger partial charge in [-0.1, -0.05) is 53.7 Å². The zero-order valence-electron chi connectivity index (χ0n) is 18.5. The molecular weight excluding hydrogens is 350 g/mol. The van der Waals surface area contributed by atoms with Crippen molar-refractivity contribution in [3.63, 3.8) is 0 Å². The molecule has 0 saturated carbocycles. The van der Waals surface area contributed by atoms with Gasteiger partial charge < -0.3 is 9.53 Å². The van der Waals surface area contributed by atoms with Gasteiger partial charge in [-0.3, -0.25) is 4.98 Å². The van der Waals surface area contributed by atoms with E-state index in [-0.39, 0.29) is 12.2 Å². The first kappa shape index (κ1) is 24.1. The Bertz CT molecular complexity index is 569. The standard InChI is InChI=1S/C23H41NO2Si/c1-7-20(22-17-13-16-21(19-25)24-22)15-14-18-23(8-2,9-3)26-27(10-4,11-5)12-6/h13,15-17,25H,7-12,14,18-19H2,1-6H3/b20-15+. The van der Waals surface area contributed by atoms with Crippen LogP contribution in [0.1, 0.15) is 85.0 Å². The number of rotatable bonds is 13. The summed E-state index contributed by atoms with van der Waals surface area (Å²) in [5, 5.41) is 9.35. The molecular formula is C23H41NO2Si. The fourth-order valence-corrected chi connectivity index (χ4v) is 7.15. The topological polar surface area (TPSA) is 42.4 Å². The molecule has 1 aromatic heterocycles. The fraction of sp³-hybridized carbons (Fsp3) is 0.696. The average molecular weight is 392 g/mol. The van der Waals surface area contributed by atoms with Gasteiger partial charge in [0, 0.05) is 0 Å². The van der Waals surface area contributed by atoms with Gasteiger partial charge in [0.2, 0.25) is 0 Å². The monoisotopic (exact) mass is 391 g/mol. The van der Waals surface area contributed by atoms with E-state index in [2.05, 4.69) is 52.6 Å². The first-order chi connectivity index (χ1) is 13.0. The van der Waals surface area contributed by atoms with Crippen molar-refractivity contribution >= 4 is 13.9 Å². The van der Waals surface area contributed by atoms with Crippen LogP contribution in [-0.2, 0) is 11.0 Å². The Hall–Kier alpha value is -0.973. The Kier molecular flexibility index (Phi) is 10.5. The molecule has 3 nitrogen and oxygen atoms in total. The third kappa shape index (κ3) is 6.55. The quantitative estimate of drug-likeness (QED) is 0.379. The molecule has 1 heterocycles. The number of hydrogen-bond donors (Lipinski definition) is 1. The van der Waals surface area contributed by atoms with E-state index in [0.717, 1.165) is 43.5 Å². The summed E-state index contributed by atoms with van der Waals surface area (Å²) < 4.78 is 6.99. The van der Waals surface area contributed by atoms with Gasteiger partial charge in [0.1, 0.15) is 0 Å². The summed E-state index contributed by atoms with van der Waals surface area (Å²) in [4.78, 5) is 4.57. The molecule has 27 heavy (non-hydrogen) atoms. The van der Waals surface area contributed by atoms with Crippen molar-refractivity contribution in [1.82, 2.24) is 4.98 Å². The highest BCUT2D eigenvalue weighted by Crippen LogP contribution is 2.35. The summed E-state index contributed by atoms with van der Waals surface area (Å²) in [6, 6.07) is 9.50. The summed E-state index contributed by atoms with van der Waals surface area (Å²) >= 11 is 0. The van der Waals surface area contributed by atoms with E-state index in [4.69, 9.17) is 4.43 Å². The zero-order chi connectivity index (χ0) is 20.3. The maximum atomic E-state index is 9.35. The van der Waals surface area contributed by atoms with Gasteiger partial charge in [-0.25, -0.2) is 0 Å². The molecule has 1 rings (SSSR count). The normalized spacial score (nSPS) is 13.2. The molecule has 0 aliphatic carbocycles. The Labute approximate surface area is 168 Å². The van der Waals surface area contributed by atoms with Crippen LogP contribution in [0.2, 0.25) is 18.1 Å². The van der Waals surface area contributed by atoms with Crippen LogP contribution in [0, 0.1) is 0 Å². The highest BCUT2D eigenvalue weighted by molar-refractivity contribution is 6.73. The Balaban J connectivity index is 2.95. The number of pyridine rings is 1. The molecule has 0 aliphatic rings. The maximum absolute atomic E-state index is 9.35. The number of aromatic nitrogens is 1. The Morgan fingerprint density at radius 3 is 2.19 bits per heavy atom. The summed E-state index contributed by atoms with van der Waals surface area (Å²) in [6.07, 6.45) is 7.51. The molecule has 4 heteroatoms. The number of aliphatic hydroxyl groups is 1. The zero-order valence-corrected chi connectivity index (χ0v) is 19.5. The Morgan fingerprint density at radius 2 is 1.70 bits per heavy atom. The third-order valence-electron chi connectivity index (χ3n) is 6.32. The molecule has 0 unspecified atom stereocenters. The molecule has 0 spiro atoms. The molecule has 0 bridgehead atoms. The maximum Gasteiger partial charge on any atom is 0.192 e. The van der Waals surface area contributed by atoms with Crippen LogP contribution in [-0.4, -0.2) is 24.0 Å². The van der Waals surface area contributed by atoms with Crippen molar-refractivity contribution in [2.24, 2.45) is 0 Å². The third-order valence-corrected chi connectivity index (χ3v) is 11.1. The number of allylic oxidation sites excluding steroid dienone is 2. The van der Waals surface area contributed by atoms with E-state index in [1.54, 1.807) is 0 Å². The smallest absolute Gasteiger partial charge is 0.192 e. The van der Waals surface area contributed by atoms with Crippen molar-refractivity contribution < 1.29 is 9.53 Å². The first-order valence-corrected chi connectivity index (χ1v) is 13.5. The minimum Gasteiger partial charge on any atom is -0.411 e. The molecule has 0 radical (unpaired) electrons. The number of hydrogen-bond acceptors (Lipinski definition) is 3. The van der Waals surface area contributed by atoms with Crippen molar-refractivity contribution in [2.45, 2.75) is 104 Å². The highest BCUT2D eigenvalue weighted by Gasteiger charge is 2.38. The van der Waals surface area contributed by atoms with E-state index in [1.165, 1.54) is 23.7 Å². The lowest BCUT2D eigenvalue weighted by molar-refractivity contribution is 0.0397. The molecule has 0 fully saturated rings. The van der Waals surface area contributed by atoms with Crippen molar-refractivity contribution in [3.8, 4) is 0 Å². The van der Waals surface area contributed by atoms with Gasteiger partial charge in [-0.2, -0.15) is 0 Å². The van der Waals surface area contributed by atoms with Crippen molar-refractivity contribution in [3.05, 3.63) is 35.7 Å². The van der Waals surface area contributed by atoms with Gasteiger partial charge >= 0.3 is 0 Å². The fourth-order valence-electron chi connectivity index (χ4n) is 3.91.